The van der Waals surface area contributed by atoms with Gasteiger partial charge in [-0.1, -0.05) is 17.7 Å². The molecule has 1 unspecified atom stereocenters. The fourth-order valence-electron chi connectivity index (χ4n) is 2.66. The van der Waals surface area contributed by atoms with Crippen molar-refractivity contribution in [3.05, 3.63) is 63.2 Å². The first-order valence-corrected chi connectivity index (χ1v) is 11.0. The SMILES string of the molecule is Cc1cc(C)c(S(=O)(=O)NCP(=O)(O)Oc2ccc([N+](=O)[O-])cc2)c(C)c1.[H-].[Na+]. The number of nitro benzene ring substituents is 1. The first-order chi connectivity index (χ1) is 12.4. The molecule has 0 radical (unpaired) electrons. The average molecular weight is 438 g/mol. The summed E-state index contributed by atoms with van der Waals surface area (Å²) in [4.78, 5) is 19.9. The third kappa shape index (κ3) is 6.38. The van der Waals surface area contributed by atoms with Gasteiger partial charge in [0.1, 0.15) is 12.0 Å². The van der Waals surface area contributed by atoms with Crippen LogP contribution < -0.4 is 38.8 Å². The largest absolute Gasteiger partial charge is 1.00 e. The van der Waals surface area contributed by atoms with Crippen LogP contribution in [0.25, 0.3) is 0 Å². The number of rotatable bonds is 7. The molecule has 0 amide bonds. The van der Waals surface area contributed by atoms with Gasteiger partial charge in [-0.25, -0.2) is 13.0 Å². The molecular weight excluding hydrogens is 418 g/mol. The molecule has 1 atom stereocenters. The number of non-ortho nitro benzene ring substituents is 1. The Balaban J connectivity index is 0.00000392. The topological polar surface area (TPSA) is 136 Å². The number of hydrogen-bond acceptors (Lipinski definition) is 6. The van der Waals surface area contributed by atoms with Crippen molar-refractivity contribution in [1.29, 1.82) is 0 Å². The zero-order valence-corrected chi connectivity index (χ0v) is 19.6. The van der Waals surface area contributed by atoms with Gasteiger partial charge in [0.15, 0.2) is 0 Å². The van der Waals surface area contributed by atoms with Crippen LogP contribution >= 0.6 is 7.60 Å². The molecule has 0 spiro atoms. The number of hydrogen-bond donors (Lipinski definition) is 2. The maximum Gasteiger partial charge on any atom is 1.00 e. The van der Waals surface area contributed by atoms with Gasteiger partial charge in [0.2, 0.25) is 10.0 Å². The second-order valence-electron chi connectivity index (χ2n) is 6.01. The summed E-state index contributed by atoms with van der Waals surface area (Å²) in [7, 11) is -8.40. The number of nitrogens with one attached hydrogen (secondary N) is 1. The summed E-state index contributed by atoms with van der Waals surface area (Å²) in [5.41, 5.74) is 1.73. The van der Waals surface area contributed by atoms with E-state index in [1.54, 1.807) is 26.0 Å². The number of sulfonamides is 1. The molecule has 0 aliphatic carbocycles. The van der Waals surface area contributed by atoms with Gasteiger partial charge in [0, 0.05) is 12.1 Å². The Hall–Kier alpha value is -1.26. The van der Waals surface area contributed by atoms with Crippen LogP contribution in [0.15, 0.2) is 41.3 Å². The van der Waals surface area contributed by atoms with E-state index in [1.807, 2.05) is 6.92 Å². The van der Waals surface area contributed by atoms with Crippen LogP contribution in [0, 0.1) is 30.9 Å². The molecule has 2 aromatic carbocycles. The van der Waals surface area contributed by atoms with Crippen molar-refractivity contribution in [2.24, 2.45) is 0 Å². The van der Waals surface area contributed by atoms with Gasteiger partial charge in [-0.05, 0) is 44.0 Å². The van der Waals surface area contributed by atoms with E-state index in [2.05, 4.69) is 4.72 Å². The monoisotopic (exact) mass is 438 g/mol. The first-order valence-electron chi connectivity index (χ1n) is 7.75. The van der Waals surface area contributed by atoms with Crippen molar-refractivity contribution in [1.82, 2.24) is 4.72 Å². The Morgan fingerprint density at radius 3 is 2.14 bits per heavy atom. The summed E-state index contributed by atoms with van der Waals surface area (Å²) in [6.45, 7) is 5.12. The minimum atomic E-state index is -4.37. The predicted octanol–water partition coefficient (Wildman–Crippen LogP) is 0.137. The summed E-state index contributed by atoms with van der Waals surface area (Å²) in [5.74, 6) is -0.0895. The third-order valence-electron chi connectivity index (χ3n) is 3.62. The van der Waals surface area contributed by atoms with E-state index in [9.17, 15) is 28.0 Å². The predicted molar refractivity (Wildman–Crippen MR) is 101 cm³/mol. The van der Waals surface area contributed by atoms with Crippen LogP contribution in [0.5, 0.6) is 5.75 Å². The zero-order chi connectivity index (χ0) is 20.4. The molecule has 2 aromatic rings. The molecule has 0 bridgehead atoms. The van der Waals surface area contributed by atoms with Gasteiger partial charge < -0.3 is 10.8 Å². The summed E-state index contributed by atoms with van der Waals surface area (Å²) in [6.07, 6.45) is -0.848. The Morgan fingerprint density at radius 2 is 1.68 bits per heavy atom. The molecule has 0 aliphatic heterocycles. The zero-order valence-electron chi connectivity index (χ0n) is 16.9. The van der Waals surface area contributed by atoms with Crippen LogP contribution in [0.3, 0.4) is 0 Å². The van der Waals surface area contributed by atoms with Crippen molar-refractivity contribution < 1.29 is 58.3 Å². The molecule has 0 saturated carbocycles. The van der Waals surface area contributed by atoms with E-state index in [0.717, 1.165) is 29.8 Å². The number of aryl methyl sites for hydroxylation is 3. The molecular formula is C16H20N2NaO7PS. The van der Waals surface area contributed by atoms with Gasteiger partial charge in [-0.15, -0.1) is 0 Å². The normalized spacial score (nSPS) is 13.3. The van der Waals surface area contributed by atoms with E-state index < -0.39 is 28.8 Å². The van der Waals surface area contributed by atoms with E-state index in [0.29, 0.717) is 11.1 Å². The van der Waals surface area contributed by atoms with E-state index in [1.165, 1.54) is 0 Å². The van der Waals surface area contributed by atoms with Crippen molar-refractivity contribution >= 4 is 23.3 Å². The fraction of sp³-hybridized carbons (Fsp3) is 0.250. The first kappa shape index (κ1) is 24.8. The second-order valence-corrected chi connectivity index (χ2v) is 9.49. The smallest absolute Gasteiger partial charge is 1.00 e. The Bertz CT molecular complexity index is 1010. The van der Waals surface area contributed by atoms with Gasteiger partial charge >= 0.3 is 37.2 Å². The summed E-state index contributed by atoms with van der Waals surface area (Å²) in [5, 5.41) is 10.6. The van der Waals surface area contributed by atoms with Crippen molar-refractivity contribution in [2.45, 2.75) is 25.7 Å². The summed E-state index contributed by atoms with van der Waals surface area (Å²) < 4.78 is 44.2. The Labute approximate surface area is 186 Å². The number of benzene rings is 2. The molecule has 0 aromatic heterocycles. The molecule has 0 saturated heterocycles. The molecule has 12 heteroatoms. The van der Waals surface area contributed by atoms with Gasteiger partial charge in [-0.3, -0.25) is 10.1 Å². The standard InChI is InChI=1S/C16H19N2O7PS.Na.H/c1-11-8-12(2)16(13(3)9-11)27(23,24)17-10-26(21,22)25-15-6-4-14(5-7-15)18(19)20;;/h4-9,17H,10H2,1-3H3,(H,21,22);;/q;+1;-1. The Kier molecular flexibility index (Phi) is 8.40. The molecule has 0 fully saturated rings. The molecule has 148 valence electrons. The van der Waals surface area contributed by atoms with E-state index in [-0.39, 0.29) is 47.3 Å². The molecule has 0 aliphatic rings. The third-order valence-corrected chi connectivity index (χ3v) is 6.60. The summed E-state index contributed by atoms with van der Waals surface area (Å²) in [6, 6.07) is 7.94. The molecule has 28 heavy (non-hydrogen) atoms. The van der Waals surface area contributed by atoms with Crippen LogP contribution in [-0.2, 0) is 14.6 Å². The maximum absolute atomic E-state index is 12.5. The Morgan fingerprint density at radius 1 is 1.18 bits per heavy atom. The van der Waals surface area contributed by atoms with Gasteiger partial charge in [-0.2, -0.15) is 4.72 Å². The maximum atomic E-state index is 12.5. The minimum absolute atomic E-state index is 0. The second kappa shape index (κ2) is 9.49. The van der Waals surface area contributed by atoms with Crippen LogP contribution in [0.1, 0.15) is 18.1 Å². The van der Waals surface area contributed by atoms with Crippen LogP contribution in [-0.4, -0.2) is 24.5 Å². The summed E-state index contributed by atoms with van der Waals surface area (Å²) >= 11 is 0. The van der Waals surface area contributed by atoms with Crippen molar-refractivity contribution in [2.75, 3.05) is 6.29 Å². The molecule has 9 nitrogen and oxygen atoms in total. The van der Waals surface area contributed by atoms with Crippen LogP contribution in [0.2, 0.25) is 0 Å². The van der Waals surface area contributed by atoms with E-state index >= 15 is 0 Å². The quantitative estimate of drug-likeness (QED) is 0.272. The average Bonchev–Trinajstić information content (AvgIpc) is 2.52. The van der Waals surface area contributed by atoms with Gasteiger partial charge in [0.25, 0.3) is 5.69 Å². The van der Waals surface area contributed by atoms with Gasteiger partial charge in [0.05, 0.1) is 9.82 Å². The molecule has 0 heterocycles. The number of nitrogens with zero attached hydrogens (tertiary/aromatic N) is 1. The van der Waals surface area contributed by atoms with Crippen molar-refractivity contribution in [3.8, 4) is 5.75 Å². The number of nitro groups is 1. The minimum Gasteiger partial charge on any atom is -1.00 e. The fourth-order valence-corrected chi connectivity index (χ4v) is 5.61. The molecule has 2 N–H and O–H groups in total. The van der Waals surface area contributed by atoms with Crippen LogP contribution in [0.4, 0.5) is 5.69 Å². The molecule has 2 rings (SSSR count). The van der Waals surface area contributed by atoms with E-state index in [4.69, 9.17) is 4.52 Å². The van der Waals surface area contributed by atoms with Crippen molar-refractivity contribution in [3.63, 3.8) is 0 Å².